The zero-order valence-corrected chi connectivity index (χ0v) is 13.8. The molecule has 1 unspecified atom stereocenters. The summed E-state index contributed by atoms with van der Waals surface area (Å²) in [5.74, 6) is 1.51. The highest BCUT2D eigenvalue weighted by Crippen LogP contribution is 2.29. The van der Waals surface area contributed by atoms with Crippen molar-refractivity contribution in [2.75, 3.05) is 24.5 Å². The molecule has 0 amide bonds. The summed E-state index contributed by atoms with van der Waals surface area (Å²) in [5, 5.41) is 3.55. The van der Waals surface area contributed by atoms with Gasteiger partial charge in [0.25, 0.3) is 0 Å². The van der Waals surface area contributed by atoms with Gasteiger partial charge in [-0.15, -0.1) is 0 Å². The first-order valence-corrected chi connectivity index (χ1v) is 8.09. The summed E-state index contributed by atoms with van der Waals surface area (Å²) in [6.07, 6.45) is 1.31. The predicted octanol–water partition coefficient (Wildman–Crippen LogP) is 4.04. The zero-order chi connectivity index (χ0) is 13.8. The molecule has 1 fully saturated rings. The van der Waals surface area contributed by atoms with Crippen molar-refractivity contribution in [3.05, 3.63) is 28.2 Å². The van der Waals surface area contributed by atoms with E-state index in [-0.39, 0.29) is 0 Å². The molecular weight excluding hydrogens is 300 g/mol. The van der Waals surface area contributed by atoms with Crippen molar-refractivity contribution in [1.82, 2.24) is 5.32 Å². The van der Waals surface area contributed by atoms with E-state index >= 15 is 0 Å². The van der Waals surface area contributed by atoms with E-state index in [0.29, 0.717) is 5.92 Å². The Bertz CT molecular complexity index is 417. The molecule has 1 N–H and O–H groups in total. The molecule has 0 spiro atoms. The third kappa shape index (κ3) is 4.22. The molecule has 1 aliphatic heterocycles. The molecule has 0 aromatic heterocycles. The largest absolute Gasteiger partial charge is 0.371 e. The van der Waals surface area contributed by atoms with Gasteiger partial charge >= 0.3 is 0 Å². The SMILES string of the molecule is CC(C)CNCc1ccc(Br)cc1N1CCC(C)C1. The summed E-state index contributed by atoms with van der Waals surface area (Å²) >= 11 is 3.60. The second kappa shape index (κ2) is 6.76. The number of hydrogen-bond donors (Lipinski definition) is 1. The van der Waals surface area contributed by atoms with E-state index in [1.54, 1.807) is 0 Å². The van der Waals surface area contributed by atoms with Crippen LogP contribution in [0.15, 0.2) is 22.7 Å². The van der Waals surface area contributed by atoms with Crippen LogP contribution in [0.5, 0.6) is 0 Å². The second-order valence-corrected chi connectivity index (χ2v) is 7.05. The molecule has 0 bridgehead atoms. The summed E-state index contributed by atoms with van der Waals surface area (Å²) in [5.41, 5.74) is 2.81. The molecule has 3 heteroatoms. The quantitative estimate of drug-likeness (QED) is 0.879. The fourth-order valence-electron chi connectivity index (χ4n) is 2.63. The van der Waals surface area contributed by atoms with Crippen LogP contribution in [0, 0.1) is 11.8 Å². The normalized spacial score (nSPS) is 19.4. The van der Waals surface area contributed by atoms with Gasteiger partial charge in [0.1, 0.15) is 0 Å². The van der Waals surface area contributed by atoms with Gasteiger partial charge in [0.15, 0.2) is 0 Å². The van der Waals surface area contributed by atoms with Crippen LogP contribution in [-0.4, -0.2) is 19.6 Å². The molecule has 2 nitrogen and oxygen atoms in total. The number of anilines is 1. The first-order chi connectivity index (χ1) is 9.06. The molecule has 106 valence electrons. The van der Waals surface area contributed by atoms with E-state index in [1.807, 2.05) is 0 Å². The molecule has 1 aromatic rings. The molecular formula is C16H25BrN2. The van der Waals surface area contributed by atoms with Gasteiger partial charge in [-0.1, -0.05) is 42.8 Å². The van der Waals surface area contributed by atoms with Crippen molar-refractivity contribution in [3.63, 3.8) is 0 Å². The summed E-state index contributed by atoms with van der Waals surface area (Å²) < 4.78 is 1.18. The maximum atomic E-state index is 3.60. The Morgan fingerprint density at radius 1 is 1.42 bits per heavy atom. The Hall–Kier alpha value is -0.540. The van der Waals surface area contributed by atoms with Gasteiger partial charge in [-0.3, -0.25) is 0 Å². The highest BCUT2D eigenvalue weighted by Gasteiger charge is 2.21. The summed E-state index contributed by atoms with van der Waals surface area (Å²) in [6.45, 7) is 11.3. The van der Waals surface area contributed by atoms with Gasteiger partial charge in [-0.25, -0.2) is 0 Å². The molecule has 2 rings (SSSR count). The van der Waals surface area contributed by atoms with E-state index in [4.69, 9.17) is 0 Å². The first kappa shape index (κ1) is 14.9. The van der Waals surface area contributed by atoms with Crippen LogP contribution in [0.25, 0.3) is 0 Å². The molecule has 1 aliphatic rings. The average molecular weight is 325 g/mol. The van der Waals surface area contributed by atoms with Gasteiger partial charge < -0.3 is 10.2 Å². The van der Waals surface area contributed by atoms with Crippen molar-refractivity contribution in [3.8, 4) is 0 Å². The molecule has 0 radical (unpaired) electrons. The predicted molar refractivity (Wildman–Crippen MR) is 86.7 cm³/mol. The molecule has 1 atom stereocenters. The Kier molecular flexibility index (Phi) is 5.28. The number of hydrogen-bond acceptors (Lipinski definition) is 2. The Balaban J connectivity index is 2.09. The van der Waals surface area contributed by atoms with E-state index in [0.717, 1.165) is 19.0 Å². The average Bonchev–Trinajstić information content (AvgIpc) is 2.77. The van der Waals surface area contributed by atoms with Crippen LogP contribution < -0.4 is 10.2 Å². The lowest BCUT2D eigenvalue weighted by Crippen LogP contribution is -2.24. The second-order valence-electron chi connectivity index (χ2n) is 6.14. The number of nitrogens with one attached hydrogen (secondary N) is 1. The van der Waals surface area contributed by atoms with Crippen molar-refractivity contribution in [2.24, 2.45) is 11.8 Å². The first-order valence-electron chi connectivity index (χ1n) is 7.30. The Morgan fingerprint density at radius 2 is 2.21 bits per heavy atom. The van der Waals surface area contributed by atoms with Crippen LogP contribution in [0.4, 0.5) is 5.69 Å². The van der Waals surface area contributed by atoms with Crippen molar-refractivity contribution in [1.29, 1.82) is 0 Å². The fraction of sp³-hybridized carbons (Fsp3) is 0.625. The van der Waals surface area contributed by atoms with E-state index in [2.05, 4.69) is 65.1 Å². The Labute approximate surface area is 125 Å². The molecule has 0 aliphatic carbocycles. The maximum absolute atomic E-state index is 3.60. The lowest BCUT2D eigenvalue weighted by atomic mass is 10.1. The minimum absolute atomic E-state index is 0.700. The Morgan fingerprint density at radius 3 is 2.84 bits per heavy atom. The number of halogens is 1. The maximum Gasteiger partial charge on any atom is 0.0423 e. The molecule has 19 heavy (non-hydrogen) atoms. The third-order valence-corrected chi connectivity index (χ3v) is 4.17. The zero-order valence-electron chi connectivity index (χ0n) is 12.2. The monoisotopic (exact) mass is 324 g/mol. The van der Waals surface area contributed by atoms with Crippen molar-refractivity contribution < 1.29 is 0 Å². The van der Waals surface area contributed by atoms with Crippen molar-refractivity contribution in [2.45, 2.75) is 33.7 Å². The van der Waals surface area contributed by atoms with Crippen LogP contribution in [0.2, 0.25) is 0 Å². The third-order valence-electron chi connectivity index (χ3n) is 3.68. The van der Waals surface area contributed by atoms with Crippen molar-refractivity contribution >= 4 is 21.6 Å². The lowest BCUT2D eigenvalue weighted by molar-refractivity contribution is 0.552. The van der Waals surface area contributed by atoms with Gasteiger partial charge in [-0.05, 0) is 42.5 Å². The minimum Gasteiger partial charge on any atom is -0.371 e. The van der Waals surface area contributed by atoms with E-state index < -0.39 is 0 Å². The summed E-state index contributed by atoms with van der Waals surface area (Å²) in [6, 6.07) is 6.66. The summed E-state index contributed by atoms with van der Waals surface area (Å²) in [4.78, 5) is 2.53. The van der Waals surface area contributed by atoms with Crippen LogP contribution in [0.3, 0.4) is 0 Å². The molecule has 1 saturated heterocycles. The topological polar surface area (TPSA) is 15.3 Å². The molecule has 1 aromatic carbocycles. The molecule has 1 heterocycles. The highest BCUT2D eigenvalue weighted by atomic mass is 79.9. The van der Waals surface area contributed by atoms with Crippen LogP contribution in [-0.2, 0) is 6.54 Å². The highest BCUT2D eigenvalue weighted by molar-refractivity contribution is 9.10. The number of benzene rings is 1. The van der Waals surface area contributed by atoms with Gasteiger partial charge in [-0.2, -0.15) is 0 Å². The number of rotatable bonds is 5. The minimum atomic E-state index is 0.700. The van der Waals surface area contributed by atoms with Gasteiger partial charge in [0.2, 0.25) is 0 Å². The summed E-state index contributed by atoms with van der Waals surface area (Å²) in [7, 11) is 0. The van der Waals surface area contributed by atoms with Gasteiger partial charge in [0.05, 0.1) is 0 Å². The van der Waals surface area contributed by atoms with Crippen LogP contribution in [0.1, 0.15) is 32.8 Å². The van der Waals surface area contributed by atoms with E-state index in [1.165, 1.54) is 35.2 Å². The lowest BCUT2D eigenvalue weighted by Gasteiger charge is -2.23. The van der Waals surface area contributed by atoms with Gasteiger partial charge in [0, 0.05) is 29.8 Å². The fourth-order valence-corrected chi connectivity index (χ4v) is 2.98. The van der Waals surface area contributed by atoms with E-state index in [9.17, 15) is 0 Å². The van der Waals surface area contributed by atoms with Crippen LogP contribution >= 0.6 is 15.9 Å². The number of nitrogens with zero attached hydrogens (tertiary/aromatic N) is 1. The molecule has 0 saturated carbocycles. The standard InChI is InChI=1S/C16H25BrN2/c1-12(2)9-18-10-14-4-5-15(17)8-16(14)19-7-6-13(3)11-19/h4-5,8,12-13,18H,6-7,9-11H2,1-3H3. The smallest absolute Gasteiger partial charge is 0.0423 e.